The highest BCUT2D eigenvalue weighted by molar-refractivity contribution is 7.90. The minimum atomic E-state index is -3.50. The minimum Gasteiger partial charge on any atom is -0.377 e. The van der Waals surface area contributed by atoms with Crippen LogP contribution < -0.4 is 0 Å². The predicted molar refractivity (Wildman–Crippen MR) is 122 cm³/mol. The van der Waals surface area contributed by atoms with Gasteiger partial charge in [-0.1, -0.05) is 56.3 Å². The molecule has 5 nitrogen and oxygen atoms in total. The predicted octanol–water partition coefficient (Wildman–Crippen LogP) is 4.69. The third-order valence-electron chi connectivity index (χ3n) is 8.12. The summed E-state index contributed by atoms with van der Waals surface area (Å²) in [5, 5.41) is 0. The number of sulfonamides is 1. The van der Waals surface area contributed by atoms with Crippen molar-refractivity contribution in [3.05, 3.63) is 48.0 Å². The molecule has 0 N–H and O–H groups in total. The van der Waals surface area contributed by atoms with Crippen molar-refractivity contribution < 1.29 is 17.9 Å². The van der Waals surface area contributed by atoms with Crippen molar-refractivity contribution in [2.24, 2.45) is 16.7 Å². The Balaban J connectivity index is 1.20. The average molecular weight is 446 g/mol. The number of carbonyl (C=O) groups excluding carboxylic acids is 1. The Kier molecular flexibility index (Phi) is 6.32. The van der Waals surface area contributed by atoms with Crippen LogP contribution in [-0.2, 0) is 26.2 Å². The smallest absolute Gasteiger partial charge is 0.238 e. The van der Waals surface area contributed by atoms with E-state index in [-0.39, 0.29) is 35.0 Å². The summed E-state index contributed by atoms with van der Waals surface area (Å²) in [6.45, 7) is 5.75. The quantitative estimate of drug-likeness (QED) is 0.409. The van der Waals surface area contributed by atoms with E-state index in [1.54, 1.807) is 0 Å². The Morgan fingerprint density at radius 1 is 1.19 bits per heavy atom. The fourth-order valence-corrected chi connectivity index (χ4v) is 8.81. The third-order valence-corrected chi connectivity index (χ3v) is 10.1. The number of allylic oxidation sites excluding steroid dienone is 2. The van der Waals surface area contributed by atoms with E-state index >= 15 is 0 Å². The van der Waals surface area contributed by atoms with Gasteiger partial charge in [-0.2, -0.15) is 0 Å². The van der Waals surface area contributed by atoms with Crippen LogP contribution in [0.2, 0.25) is 0 Å². The van der Waals surface area contributed by atoms with E-state index in [0.29, 0.717) is 25.6 Å². The van der Waals surface area contributed by atoms with Crippen molar-refractivity contribution in [3.8, 4) is 0 Å². The van der Waals surface area contributed by atoms with E-state index in [9.17, 15) is 13.2 Å². The van der Waals surface area contributed by atoms with Gasteiger partial charge >= 0.3 is 0 Å². The van der Waals surface area contributed by atoms with Crippen molar-refractivity contribution in [2.75, 3.05) is 12.4 Å². The molecule has 1 spiro atoms. The highest BCUT2D eigenvalue weighted by Crippen LogP contribution is 2.70. The van der Waals surface area contributed by atoms with Gasteiger partial charge in [0.15, 0.2) is 0 Å². The number of carbonyl (C=O) groups is 1. The maximum absolute atomic E-state index is 12.9. The van der Waals surface area contributed by atoms with Crippen molar-refractivity contribution >= 4 is 15.9 Å². The van der Waals surface area contributed by atoms with Crippen molar-refractivity contribution in [2.45, 2.75) is 71.4 Å². The highest BCUT2D eigenvalue weighted by Gasteiger charge is 2.72. The Bertz CT molecular complexity index is 924. The number of unbranched alkanes of at least 4 members (excludes halogenated alkanes) is 1. The van der Waals surface area contributed by atoms with Gasteiger partial charge in [0.05, 0.1) is 18.4 Å². The second kappa shape index (κ2) is 8.70. The Morgan fingerprint density at radius 3 is 2.68 bits per heavy atom. The summed E-state index contributed by atoms with van der Waals surface area (Å²) in [5.41, 5.74) is 0.943. The van der Waals surface area contributed by atoms with Crippen LogP contribution in [0.4, 0.5) is 0 Å². The van der Waals surface area contributed by atoms with Crippen molar-refractivity contribution in [1.29, 1.82) is 0 Å². The zero-order chi connectivity index (χ0) is 22.1. The minimum absolute atomic E-state index is 0.00223. The lowest BCUT2D eigenvalue weighted by atomic mass is 9.69. The SMILES string of the molecule is CC1(C)[C@@H]2CC[C@]13CS(=O)(=O)N(C(=O)CC/C=C\CCCOCc1ccccc1)[C@@H]3C2. The number of ether oxygens (including phenoxy) is 1. The molecule has 1 heterocycles. The van der Waals surface area contributed by atoms with Gasteiger partial charge in [-0.15, -0.1) is 0 Å². The first-order valence-electron chi connectivity index (χ1n) is 11.6. The van der Waals surface area contributed by atoms with Gasteiger partial charge in [0.1, 0.15) is 0 Å². The molecule has 0 aromatic heterocycles. The third kappa shape index (κ3) is 4.09. The lowest BCUT2D eigenvalue weighted by Gasteiger charge is -2.37. The number of amides is 1. The summed E-state index contributed by atoms with van der Waals surface area (Å²) in [6.07, 6.45) is 9.62. The zero-order valence-electron chi connectivity index (χ0n) is 18.8. The number of hydrogen-bond donors (Lipinski definition) is 0. The van der Waals surface area contributed by atoms with Gasteiger partial charge < -0.3 is 4.74 Å². The number of hydrogen-bond acceptors (Lipinski definition) is 4. The van der Waals surface area contributed by atoms with Gasteiger partial charge in [-0.3, -0.25) is 4.79 Å². The molecule has 3 atom stereocenters. The summed E-state index contributed by atoms with van der Waals surface area (Å²) >= 11 is 0. The summed E-state index contributed by atoms with van der Waals surface area (Å²) in [5.74, 6) is 0.465. The van der Waals surface area contributed by atoms with Crippen LogP contribution in [0.25, 0.3) is 0 Å². The van der Waals surface area contributed by atoms with E-state index in [0.717, 1.165) is 32.1 Å². The van der Waals surface area contributed by atoms with Crippen LogP contribution in [-0.4, -0.2) is 37.0 Å². The molecule has 0 unspecified atom stereocenters. The first-order chi connectivity index (χ1) is 14.8. The maximum atomic E-state index is 12.9. The molecule has 1 aliphatic heterocycles. The molecule has 1 saturated heterocycles. The molecule has 1 aromatic rings. The molecule has 2 saturated carbocycles. The molecule has 1 aromatic carbocycles. The van der Waals surface area contributed by atoms with Gasteiger partial charge in [0, 0.05) is 18.4 Å². The average Bonchev–Trinajstić information content (AvgIpc) is 3.21. The molecule has 31 heavy (non-hydrogen) atoms. The van der Waals surface area contributed by atoms with E-state index in [1.807, 2.05) is 24.3 Å². The van der Waals surface area contributed by atoms with Gasteiger partial charge in [0.2, 0.25) is 15.9 Å². The van der Waals surface area contributed by atoms with Gasteiger partial charge in [0.25, 0.3) is 0 Å². The topological polar surface area (TPSA) is 63.7 Å². The number of fused-ring (bicyclic) bond motifs is 1. The normalized spacial score (nSPS) is 30.2. The monoisotopic (exact) mass is 445 g/mol. The van der Waals surface area contributed by atoms with E-state index in [2.05, 4.69) is 32.1 Å². The van der Waals surface area contributed by atoms with E-state index in [1.165, 1.54) is 9.87 Å². The molecule has 2 bridgehead atoms. The number of nitrogens with zero attached hydrogens (tertiary/aromatic N) is 1. The standard InChI is InChI=1S/C25H35NO4S/c1-24(2)21-14-15-25(24)19-31(28,29)26(22(25)17-21)23(27)13-9-4-3-5-10-16-30-18-20-11-7-6-8-12-20/h3-4,6-8,11-12,21-22H,5,9-10,13-19H2,1-2H3/b4-3-/t21-,22-,25-/m1/s1. The molecule has 4 rings (SSSR count). The Labute approximate surface area is 186 Å². The maximum Gasteiger partial charge on any atom is 0.238 e. The van der Waals surface area contributed by atoms with Crippen LogP contribution in [0.5, 0.6) is 0 Å². The molecule has 0 radical (unpaired) electrons. The highest BCUT2D eigenvalue weighted by atomic mass is 32.2. The number of rotatable bonds is 9. The first-order valence-corrected chi connectivity index (χ1v) is 13.2. The van der Waals surface area contributed by atoms with E-state index < -0.39 is 10.0 Å². The van der Waals surface area contributed by atoms with Crippen LogP contribution in [0.1, 0.15) is 64.4 Å². The lowest BCUT2D eigenvalue weighted by Crippen LogP contribution is -2.44. The molecule has 6 heteroatoms. The second-order valence-corrected chi connectivity index (χ2v) is 11.8. The molecule has 1 amide bonds. The van der Waals surface area contributed by atoms with Crippen LogP contribution >= 0.6 is 0 Å². The zero-order valence-corrected chi connectivity index (χ0v) is 19.6. The fraction of sp³-hybridized carbons (Fsp3) is 0.640. The summed E-state index contributed by atoms with van der Waals surface area (Å²) < 4.78 is 32.8. The van der Waals surface area contributed by atoms with Crippen molar-refractivity contribution in [1.82, 2.24) is 4.31 Å². The van der Waals surface area contributed by atoms with Gasteiger partial charge in [-0.25, -0.2) is 12.7 Å². The molecule has 3 fully saturated rings. The molecule has 2 aliphatic carbocycles. The Hall–Kier alpha value is -1.66. The Morgan fingerprint density at radius 2 is 1.94 bits per heavy atom. The lowest BCUT2D eigenvalue weighted by molar-refractivity contribution is -0.128. The summed E-state index contributed by atoms with van der Waals surface area (Å²) in [4.78, 5) is 12.9. The first kappa shape index (κ1) is 22.5. The second-order valence-electron chi connectivity index (χ2n) is 10.0. The largest absolute Gasteiger partial charge is 0.377 e. The molecular weight excluding hydrogens is 410 g/mol. The summed E-state index contributed by atoms with van der Waals surface area (Å²) in [7, 11) is -3.50. The molecular formula is C25H35NO4S. The van der Waals surface area contributed by atoms with Crippen LogP contribution in [0, 0.1) is 16.7 Å². The van der Waals surface area contributed by atoms with E-state index in [4.69, 9.17) is 4.74 Å². The molecule has 170 valence electrons. The number of benzene rings is 1. The molecule has 3 aliphatic rings. The van der Waals surface area contributed by atoms with Crippen LogP contribution in [0.3, 0.4) is 0 Å². The van der Waals surface area contributed by atoms with Gasteiger partial charge in [-0.05, 0) is 55.4 Å². The fourth-order valence-electron chi connectivity index (χ4n) is 6.24. The summed E-state index contributed by atoms with van der Waals surface area (Å²) in [6, 6.07) is 10.00. The van der Waals surface area contributed by atoms with Crippen LogP contribution in [0.15, 0.2) is 42.5 Å². The van der Waals surface area contributed by atoms with Crippen molar-refractivity contribution in [3.63, 3.8) is 0 Å².